The number of hydrogen-bond donors (Lipinski definition) is 0. The fourth-order valence-electron chi connectivity index (χ4n) is 0.787. The molecule has 64 valence electrons. The van der Waals surface area contributed by atoms with Crippen molar-refractivity contribution >= 4 is 17.3 Å². The Bertz CT molecular complexity index is 265. The van der Waals surface area contributed by atoms with Gasteiger partial charge in [-0.3, -0.25) is 0 Å². The summed E-state index contributed by atoms with van der Waals surface area (Å²) in [5, 5.41) is 2.78. The van der Waals surface area contributed by atoms with Gasteiger partial charge in [-0.1, -0.05) is 6.07 Å². The van der Waals surface area contributed by atoms with Gasteiger partial charge in [0.25, 0.3) is 0 Å². The van der Waals surface area contributed by atoms with Gasteiger partial charge in [0.2, 0.25) is 0 Å². The standard InChI is InChI=1S/C8H8ClNO2/c9-4-5-12-8-3-1-2-7(6-8)10-11/h1-3,6H,4-5H2. The summed E-state index contributed by atoms with van der Waals surface area (Å²) in [7, 11) is 0. The average Bonchev–Trinajstić information content (AvgIpc) is 2.15. The molecule has 4 heteroatoms. The number of benzene rings is 1. The highest BCUT2D eigenvalue weighted by Crippen LogP contribution is 2.19. The number of nitrogens with zero attached hydrogens (tertiary/aromatic N) is 1. The molecule has 1 aromatic carbocycles. The summed E-state index contributed by atoms with van der Waals surface area (Å²) in [5.41, 5.74) is 0.363. The van der Waals surface area contributed by atoms with Gasteiger partial charge in [0, 0.05) is 6.07 Å². The van der Waals surface area contributed by atoms with E-state index >= 15 is 0 Å². The first-order chi connectivity index (χ1) is 5.86. The SMILES string of the molecule is O=Nc1cccc(OCCCl)c1. The number of ether oxygens (including phenoxy) is 1. The van der Waals surface area contributed by atoms with Crippen molar-refractivity contribution in [3.05, 3.63) is 29.2 Å². The Morgan fingerprint density at radius 3 is 3.00 bits per heavy atom. The molecule has 1 aromatic rings. The van der Waals surface area contributed by atoms with Crippen LogP contribution in [0.3, 0.4) is 0 Å². The highest BCUT2D eigenvalue weighted by Gasteiger charge is 1.95. The van der Waals surface area contributed by atoms with Gasteiger partial charge < -0.3 is 4.74 Å². The third-order valence-electron chi connectivity index (χ3n) is 1.27. The van der Waals surface area contributed by atoms with E-state index in [9.17, 15) is 4.91 Å². The average molecular weight is 186 g/mol. The zero-order valence-electron chi connectivity index (χ0n) is 6.37. The molecule has 0 atom stereocenters. The maximum atomic E-state index is 10.1. The second-order valence-corrected chi connectivity index (χ2v) is 2.50. The van der Waals surface area contributed by atoms with Crippen LogP contribution in [0.25, 0.3) is 0 Å². The number of alkyl halides is 1. The molecule has 0 aromatic heterocycles. The zero-order valence-corrected chi connectivity index (χ0v) is 7.12. The van der Waals surface area contributed by atoms with Gasteiger partial charge >= 0.3 is 0 Å². The number of halogens is 1. The largest absolute Gasteiger partial charge is 0.492 e. The molecular formula is C8H8ClNO2. The summed E-state index contributed by atoms with van der Waals surface area (Å²) in [6, 6.07) is 6.64. The maximum Gasteiger partial charge on any atom is 0.121 e. The predicted octanol–water partition coefficient (Wildman–Crippen LogP) is 2.70. The minimum Gasteiger partial charge on any atom is -0.492 e. The summed E-state index contributed by atoms with van der Waals surface area (Å²) >= 11 is 5.41. The quantitative estimate of drug-likeness (QED) is 0.535. The summed E-state index contributed by atoms with van der Waals surface area (Å²) in [6.45, 7) is 0.434. The molecule has 0 N–H and O–H groups in total. The van der Waals surface area contributed by atoms with Gasteiger partial charge in [-0.25, -0.2) is 0 Å². The van der Waals surface area contributed by atoms with Crippen molar-refractivity contribution in [1.82, 2.24) is 0 Å². The van der Waals surface area contributed by atoms with E-state index < -0.39 is 0 Å². The highest BCUT2D eigenvalue weighted by molar-refractivity contribution is 6.17. The van der Waals surface area contributed by atoms with E-state index in [1.54, 1.807) is 24.3 Å². The second-order valence-electron chi connectivity index (χ2n) is 2.13. The van der Waals surface area contributed by atoms with Crippen LogP contribution >= 0.6 is 11.6 Å². The lowest BCUT2D eigenvalue weighted by atomic mass is 10.3. The molecule has 0 amide bonds. The summed E-state index contributed by atoms with van der Waals surface area (Å²) in [4.78, 5) is 10.1. The van der Waals surface area contributed by atoms with Crippen LogP contribution in [0.1, 0.15) is 0 Å². The fraction of sp³-hybridized carbons (Fsp3) is 0.250. The van der Waals surface area contributed by atoms with Crippen molar-refractivity contribution < 1.29 is 4.74 Å². The van der Waals surface area contributed by atoms with E-state index in [-0.39, 0.29) is 0 Å². The van der Waals surface area contributed by atoms with Crippen LogP contribution < -0.4 is 4.74 Å². The van der Waals surface area contributed by atoms with E-state index in [2.05, 4.69) is 5.18 Å². The van der Waals surface area contributed by atoms with Crippen molar-refractivity contribution in [1.29, 1.82) is 0 Å². The van der Waals surface area contributed by atoms with Gasteiger partial charge in [0.1, 0.15) is 18.0 Å². The lowest BCUT2D eigenvalue weighted by molar-refractivity contribution is 0.343. The maximum absolute atomic E-state index is 10.1. The topological polar surface area (TPSA) is 38.7 Å². The smallest absolute Gasteiger partial charge is 0.121 e. The summed E-state index contributed by atoms with van der Waals surface area (Å²) < 4.78 is 5.17. The van der Waals surface area contributed by atoms with Crippen molar-refractivity contribution in [3.8, 4) is 5.75 Å². The molecule has 3 nitrogen and oxygen atoms in total. The molecule has 0 radical (unpaired) electrons. The van der Waals surface area contributed by atoms with Crippen molar-refractivity contribution in [3.63, 3.8) is 0 Å². The molecule has 12 heavy (non-hydrogen) atoms. The molecule has 0 saturated carbocycles. The zero-order chi connectivity index (χ0) is 8.81. The minimum absolute atomic E-state index is 0.363. The van der Waals surface area contributed by atoms with Gasteiger partial charge in [-0.15, -0.1) is 16.5 Å². The Hall–Kier alpha value is -1.09. The van der Waals surface area contributed by atoms with E-state index in [1.807, 2.05) is 0 Å². The van der Waals surface area contributed by atoms with Crippen LogP contribution in [-0.2, 0) is 0 Å². The fourth-order valence-corrected chi connectivity index (χ4v) is 0.864. The van der Waals surface area contributed by atoms with Crippen LogP contribution in [0.15, 0.2) is 29.4 Å². The van der Waals surface area contributed by atoms with E-state index in [1.165, 1.54) is 0 Å². The Labute approximate surface area is 75.3 Å². The lowest BCUT2D eigenvalue weighted by Crippen LogP contribution is -1.97. The van der Waals surface area contributed by atoms with Gasteiger partial charge in [0.15, 0.2) is 0 Å². The van der Waals surface area contributed by atoms with Gasteiger partial charge in [-0.2, -0.15) is 0 Å². The molecule has 0 aliphatic heterocycles. The van der Waals surface area contributed by atoms with Crippen LogP contribution in [0.2, 0.25) is 0 Å². The molecule has 0 saturated heterocycles. The number of hydrogen-bond acceptors (Lipinski definition) is 3. The van der Waals surface area contributed by atoms with Crippen molar-refractivity contribution in [2.24, 2.45) is 5.18 Å². The summed E-state index contributed by atoms with van der Waals surface area (Å²) in [5.74, 6) is 1.05. The number of nitroso groups, excluding NO2 is 1. The Kier molecular flexibility index (Phi) is 3.54. The molecule has 0 spiro atoms. The predicted molar refractivity (Wildman–Crippen MR) is 48.1 cm³/mol. The summed E-state index contributed by atoms with van der Waals surface area (Å²) in [6.07, 6.45) is 0. The second kappa shape index (κ2) is 4.72. The molecule has 0 aliphatic rings. The first-order valence-electron chi connectivity index (χ1n) is 3.49. The molecule has 0 bridgehead atoms. The molecule has 1 rings (SSSR count). The van der Waals surface area contributed by atoms with Crippen molar-refractivity contribution in [2.45, 2.75) is 0 Å². The highest BCUT2D eigenvalue weighted by atomic mass is 35.5. The third kappa shape index (κ3) is 2.51. The Morgan fingerprint density at radius 1 is 1.50 bits per heavy atom. The molecule has 0 fully saturated rings. The van der Waals surface area contributed by atoms with E-state index in [0.29, 0.717) is 23.9 Å². The molecule has 0 aliphatic carbocycles. The van der Waals surface area contributed by atoms with Crippen LogP contribution in [0.4, 0.5) is 5.69 Å². The first kappa shape index (κ1) is 9.00. The van der Waals surface area contributed by atoms with E-state index in [0.717, 1.165) is 0 Å². The van der Waals surface area contributed by atoms with Crippen molar-refractivity contribution in [2.75, 3.05) is 12.5 Å². The van der Waals surface area contributed by atoms with Crippen LogP contribution in [0.5, 0.6) is 5.75 Å². The Morgan fingerprint density at radius 2 is 2.33 bits per heavy atom. The minimum atomic E-state index is 0.363. The van der Waals surface area contributed by atoms with Crippen LogP contribution in [-0.4, -0.2) is 12.5 Å². The third-order valence-corrected chi connectivity index (χ3v) is 1.42. The molecule has 0 unspecified atom stereocenters. The molecule has 0 heterocycles. The number of rotatable bonds is 4. The van der Waals surface area contributed by atoms with Gasteiger partial charge in [-0.05, 0) is 17.3 Å². The Balaban J connectivity index is 2.66. The van der Waals surface area contributed by atoms with Crippen LogP contribution in [0, 0.1) is 4.91 Å². The lowest BCUT2D eigenvalue weighted by Gasteiger charge is -2.02. The first-order valence-corrected chi connectivity index (χ1v) is 4.02. The monoisotopic (exact) mass is 185 g/mol. The van der Waals surface area contributed by atoms with Gasteiger partial charge in [0.05, 0.1) is 5.88 Å². The van der Waals surface area contributed by atoms with E-state index in [4.69, 9.17) is 16.3 Å². The normalized spacial score (nSPS) is 9.42. The molecular weight excluding hydrogens is 178 g/mol.